The summed E-state index contributed by atoms with van der Waals surface area (Å²) in [5.74, 6) is -1.23. The Balaban J connectivity index is 1.77. The number of benzene rings is 2. The third-order valence-corrected chi connectivity index (χ3v) is 6.99. The van der Waals surface area contributed by atoms with Gasteiger partial charge in [-0.2, -0.15) is 5.26 Å². The highest BCUT2D eigenvalue weighted by Crippen LogP contribution is 2.50. The van der Waals surface area contributed by atoms with Gasteiger partial charge in [-0.15, -0.1) is 0 Å². The van der Waals surface area contributed by atoms with Crippen LogP contribution in [0.3, 0.4) is 0 Å². The summed E-state index contributed by atoms with van der Waals surface area (Å²) in [6.45, 7) is 2.43. The summed E-state index contributed by atoms with van der Waals surface area (Å²) in [7, 11) is 0. The number of nitrogens with zero attached hydrogens (tertiary/aromatic N) is 2. The third-order valence-electron chi connectivity index (χ3n) is 5.24. The summed E-state index contributed by atoms with van der Waals surface area (Å²) in [6, 6.07) is 16.4. The van der Waals surface area contributed by atoms with E-state index in [1.165, 1.54) is 4.90 Å². The van der Waals surface area contributed by atoms with E-state index in [9.17, 15) is 14.9 Å². The minimum atomic E-state index is -0.703. The number of imide groups is 1. The van der Waals surface area contributed by atoms with E-state index in [2.05, 4.69) is 22.0 Å². The lowest BCUT2D eigenvalue weighted by Crippen LogP contribution is -2.33. The fraction of sp³-hybridized carbons (Fsp3) is 0.227. The molecule has 4 rings (SSSR count). The zero-order valence-electron chi connectivity index (χ0n) is 16.0. The van der Waals surface area contributed by atoms with Crippen LogP contribution in [0, 0.1) is 17.2 Å². The number of carbonyl (C=O) groups excluding carboxylic acids is 2. The summed E-state index contributed by atoms with van der Waals surface area (Å²) in [4.78, 5) is 27.8. The molecule has 0 radical (unpaired) electrons. The number of rotatable bonds is 4. The van der Waals surface area contributed by atoms with Gasteiger partial charge in [0.05, 0.1) is 34.9 Å². The Hall–Kier alpha value is -2.76. The summed E-state index contributed by atoms with van der Waals surface area (Å²) < 4.78 is 6.34. The van der Waals surface area contributed by atoms with Crippen molar-refractivity contribution >= 4 is 45.2 Å². The molecule has 2 heterocycles. The van der Waals surface area contributed by atoms with Gasteiger partial charge in [0.1, 0.15) is 11.0 Å². The van der Waals surface area contributed by atoms with Crippen LogP contribution in [-0.2, 0) is 9.59 Å². The highest BCUT2D eigenvalue weighted by atomic mass is 79.9. The molecule has 2 N–H and O–H groups in total. The number of thioether (sulfide) groups is 1. The Bertz CT molecular complexity index is 1080. The van der Waals surface area contributed by atoms with E-state index in [0.29, 0.717) is 23.6 Å². The van der Waals surface area contributed by atoms with Crippen LogP contribution in [-0.4, -0.2) is 23.7 Å². The summed E-state index contributed by atoms with van der Waals surface area (Å²) >= 11 is 4.47. The van der Waals surface area contributed by atoms with Crippen LogP contribution in [0.1, 0.15) is 18.4 Å². The predicted molar refractivity (Wildman–Crippen MR) is 119 cm³/mol. The molecular weight excluding hydrogens is 466 g/mol. The third kappa shape index (κ3) is 3.38. The minimum absolute atomic E-state index is 0.288. The van der Waals surface area contributed by atoms with Crippen molar-refractivity contribution in [3.05, 3.63) is 69.2 Å². The van der Waals surface area contributed by atoms with Gasteiger partial charge in [0.2, 0.25) is 11.8 Å². The van der Waals surface area contributed by atoms with Crippen molar-refractivity contribution in [3.8, 4) is 11.8 Å². The molecule has 0 spiro atoms. The molecule has 3 atom stereocenters. The second kappa shape index (κ2) is 8.17. The molecule has 0 bridgehead atoms. The Morgan fingerprint density at radius 2 is 1.80 bits per heavy atom. The van der Waals surface area contributed by atoms with E-state index in [1.54, 1.807) is 36.4 Å². The van der Waals surface area contributed by atoms with E-state index in [0.717, 1.165) is 21.8 Å². The van der Waals surface area contributed by atoms with Gasteiger partial charge < -0.3 is 10.5 Å². The molecule has 2 aliphatic heterocycles. The number of hydrogen-bond acceptors (Lipinski definition) is 6. The van der Waals surface area contributed by atoms with Gasteiger partial charge in [-0.3, -0.25) is 9.59 Å². The largest absolute Gasteiger partial charge is 0.494 e. The molecule has 30 heavy (non-hydrogen) atoms. The SMILES string of the molecule is CCOc1ccc([C@@H]2C(C#N)=C(N)S[C@H]3C(=O)N(c4ccc(Br)cc4)C(=O)[C@H]32)cc1. The molecular formula is C22H18BrN3O3S. The molecule has 2 aromatic carbocycles. The topological polar surface area (TPSA) is 96.4 Å². The first-order valence-corrected chi connectivity index (χ1v) is 11.1. The maximum absolute atomic E-state index is 13.4. The van der Waals surface area contributed by atoms with Crippen molar-refractivity contribution in [3.63, 3.8) is 0 Å². The highest BCUT2D eigenvalue weighted by Gasteiger charge is 2.56. The van der Waals surface area contributed by atoms with Crippen LogP contribution >= 0.6 is 27.7 Å². The molecule has 1 saturated heterocycles. The maximum Gasteiger partial charge on any atom is 0.248 e. The number of nitriles is 1. The summed E-state index contributed by atoms with van der Waals surface area (Å²) in [5, 5.41) is 9.39. The standard InChI is InChI=1S/C22H18BrN3O3S/c1-2-29-15-9-3-12(4-10-15)17-16(11-24)20(25)30-19-18(17)21(27)26(22(19)28)14-7-5-13(23)6-8-14/h3-10,17-19H,2,25H2,1H3/t17-,18+,19-/m1/s1. The molecule has 0 saturated carbocycles. The molecule has 152 valence electrons. The van der Waals surface area contributed by atoms with E-state index >= 15 is 0 Å². The van der Waals surface area contributed by atoms with Crippen molar-refractivity contribution in [2.75, 3.05) is 11.5 Å². The minimum Gasteiger partial charge on any atom is -0.494 e. The van der Waals surface area contributed by atoms with E-state index < -0.39 is 17.1 Å². The van der Waals surface area contributed by atoms with Crippen LogP contribution in [0.5, 0.6) is 5.75 Å². The van der Waals surface area contributed by atoms with Crippen LogP contribution in [0.2, 0.25) is 0 Å². The van der Waals surface area contributed by atoms with Crippen LogP contribution in [0.4, 0.5) is 5.69 Å². The monoisotopic (exact) mass is 483 g/mol. The molecule has 2 aliphatic rings. The molecule has 0 unspecified atom stereocenters. The smallest absolute Gasteiger partial charge is 0.248 e. The number of carbonyl (C=O) groups is 2. The second-order valence-corrected chi connectivity index (χ2v) is 9.02. The number of halogens is 1. The zero-order valence-corrected chi connectivity index (χ0v) is 18.4. The van der Waals surface area contributed by atoms with Gasteiger partial charge in [-0.05, 0) is 48.9 Å². The number of allylic oxidation sites excluding steroid dienone is 1. The molecule has 1 fully saturated rings. The average molecular weight is 484 g/mol. The van der Waals surface area contributed by atoms with E-state index in [4.69, 9.17) is 10.5 Å². The van der Waals surface area contributed by atoms with Crippen LogP contribution in [0.25, 0.3) is 0 Å². The fourth-order valence-corrected chi connectivity index (χ4v) is 5.39. The molecule has 2 aromatic rings. The number of anilines is 1. The van der Waals surface area contributed by atoms with E-state index in [1.807, 2.05) is 19.1 Å². The van der Waals surface area contributed by atoms with Gasteiger partial charge in [0.15, 0.2) is 0 Å². The number of nitrogens with two attached hydrogens (primary N) is 1. The van der Waals surface area contributed by atoms with Crippen LogP contribution in [0.15, 0.2) is 63.6 Å². The van der Waals surface area contributed by atoms with Gasteiger partial charge in [0, 0.05) is 10.4 Å². The van der Waals surface area contributed by atoms with Crippen molar-refractivity contribution in [2.45, 2.75) is 18.1 Å². The Kier molecular flexibility index (Phi) is 5.58. The molecule has 8 heteroatoms. The fourth-order valence-electron chi connectivity index (χ4n) is 3.92. The number of amides is 2. The van der Waals surface area contributed by atoms with Gasteiger partial charge >= 0.3 is 0 Å². The number of hydrogen-bond donors (Lipinski definition) is 1. The van der Waals surface area contributed by atoms with Crippen molar-refractivity contribution in [1.82, 2.24) is 0 Å². The lowest BCUT2D eigenvalue weighted by molar-refractivity contribution is -0.122. The first kappa shape index (κ1) is 20.5. The number of fused-ring (bicyclic) bond motifs is 1. The van der Waals surface area contributed by atoms with Gasteiger partial charge in [0.25, 0.3) is 0 Å². The lowest BCUT2D eigenvalue weighted by atomic mass is 9.79. The highest BCUT2D eigenvalue weighted by molar-refractivity contribution is 9.10. The van der Waals surface area contributed by atoms with Crippen molar-refractivity contribution in [1.29, 1.82) is 5.26 Å². The Labute approximate surface area is 186 Å². The zero-order chi connectivity index (χ0) is 21.4. The average Bonchev–Trinajstić information content (AvgIpc) is 2.98. The first-order chi connectivity index (χ1) is 14.5. The molecule has 0 aromatic heterocycles. The first-order valence-electron chi connectivity index (χ1n) is 9.38. The van der Waals surface area contributed by atoms with Crippen molar-refractivity contribution < 1.29 is 14.3 Å². The molecule has 0 aliphatic carbocycles. The molecule has 6 nitrogen and oxygen atoms in total. The summed E-state index contributed by atoms with van der Waals surface area (Å²) in [5.41, 5.74) is 7.75. The van der Waals surface area contributed by atoms with E-state index in [-0.39, 0.29) is 16.8 Å². The predicted octanol–water partition coefficient (Wildman–Crippen LogP) is 3.93. The van der Waals surface area contributed by atoms with Crippen LogP contribution < -0.4 is 15.4 Å². The maximum atomic E-state index is 13.4. The molecule has 2 amide bonds. The normalized spacial score (nSPS) is 23.4. The second-order valence-electron chi connectivity index (χ2n) is 6.92. The summed E-state index contributed by atoms with van der Waals surface area (Å²) in [6.07, 6.45) is 0. The van der Waals surface area contributed by atoms with Crippen molar-refractivity contribution in [2.24, 2.45) is 11.7 Å². The van der Waals surface area contributed by atoms with Gasteiger partial charge in [-0.1, -0.05) is 39.8 Å². The van der Waals surface area contributed by atoms with Gasteiger partial charge in [-0.25, -0.2) is 4.90 Å². The lowest BCUT2D eigenvalue weighted by Gasteiger charge is -2.30. The Morgan fingerprint density at radius 1 is 1.13 bits per heavy atom. The quantitative estimate of drug-likeness (QED) is 0.661. The Morgan fingerprint density at radius 3 is 2.40 bits per heavy atom. The number of ether oxygens (including phenoxy) is 1.